The predicted octanol–water partition coefficient (Wildman–Crippen LogP) is 8.05. The summed E-state index contributed by atoms with van der Waals surface area (Å²) < 4.78 is 5.05. The number of hydrogen-bond donors (Lipinski definition) is 3. The first-order valence-corrected chi connectivity index (χ1v) is 16.5. The van der Waals surface area contributed by atoms with Gasteiger partial charge in [0.05, 0.1) is 12.2 Å². The molecule has 0 aliphatic rings. The Labute approximate surface area is 289 Å². The van der Waals surface area contributed by atoms with E-state index in [2.05, 4.69) is 16.0 Å². The number of nitrogens with one attached hydrogen (secondary N) is 3. The number of aryl methyl sites for hydroxylation is 1. The molecule has 0 saturated heterocycles. The van der Waals surface area contributed by atoms with Crippen LogP contribution in [0.5, 0.6) is 0 Å². The van der Waals surface area contributed by atoms with E-state index in [0.29, 0.717) is 22.5 Å². The zero-order valence-electron chi connectivity index (χ0n) is 27.0. The second-order valence-corrected chi connectivity index (χ2v) is 12.1. The van der Waals surface area contributed by atoms with E-state index in [1.165, 1.54) is 11.8 Å². The molecular weight excluding hydrogens is 635 g/mol. The van der Waals surface area contributed by atoms with Crippen molar-refractivity contribution < 1.29 is 23.9 Å². The number of rotatable bonds is 12. The van der Waals surface area contributed by atoms with Gasteiger partial charge in [-0.1, -0.05) is 84.4 Å². The van der Waals surface area contributed by atoms with Gasteiger partial charge in [0.1, 0.15) is 10.9 Å². The highest BCUT2D eigenvalue weighted by Crippen LogP contribution is 2.37. The van der Waals surface area contributed by atoms with Crippen LogP contribution < -0.4 is 16.0 Å². The summed E-state index contributed by atoms with van der Waals surface area (Å²) >= 11 is 1.32. The van der Waals surface area contributed by atoms with Crippen LogP contribution in [0.2, 0.25) is 0 Å². The Morgan fingerprint density at radius 2 is 1.39 bits per heavy atom. The summed E-state index contributed by atoms with van der Waals surface area (Å²) in [5, 5.41) is 7.98. The second-order valence-electron chi connectivity index (χ2n) is 11.0. The molecule has 246 valence electrons. The van der Waals surface area contributed by atoms with Gasteiger partial charge < -0.3 is 20.7 Å². The molecule has 0 saturated carbocycles. The number of thioether (sulfide) groups is 1. The number of carbonyl (C=O) groups is 4. The zero-order chi connectivity index (χ0) is 34.6. The quantitative estimate of drug-likeness (QED) is 0.0704. The first-order valence-electron chi connectivity index (χ1n) is 15.6. The van der Waals surface area contributed by atoms with E-state index >= 15 is 0 Å². The van der Waals surface area contributed by atoms with Gasteiger partial charge in [-0.2, -0.15) is 0 Å². The fourth-order valence-corrected chi connectivity index (χ4v) is 5.85. The Kier molecular flexibility index (Phi) is 11.8. The normalized spacial score (nSPS) is 11.6. The average molecular weight is 670 g/mol. The highest BCUT2D eigenvalue weighted by molar-refractivity contribution is 8.00. The molecule has 0 aliphatic carbocycles. The van der Waals surface area contributed by atoms with Crippen LogP contribution in [0.3, 0.4) is 0 Å². The molecule has 5 aromatic rings. The molecule has 3 amide bonds. The highest BCUT2D eigenvalue weighted by Gasteiger charge is 2.23. The maximum atomic E-state index is 13.7. The Bertz CT molecular complexity index is 1940. The van der Waals surface area contributed by atoms with E-state index in [1.807, 2.05) is 73.7 Å². The van der Waals surface area contributed by atoms with E-state index in [1.54, 1.807) is 79.7 Å². The Morgan fingerprint density at radius 1 is 0.714 bits per heavy atom. The van der Waals surface area contributed by atoms with Gasteiger partial charge in [-0.3, -0.25) is 14.4 Å². The molecule has 0 bridgehead atoms. The molecule has 0 fully saturated rings. The topological polar surface area (TPSA) is 114 Å². The summed E-state index contributed by atoms with van der Waals surface area (Å²) in [4.78, 5) is 53.1. The maximum absolute atomic E-state index is 13.7. The second kappa shape index (κ2) is 16.8. The molecule has 9 heteroatoms. The lowest BCUT2D eigenvalue weighted by molar-refractivity contribution is -0.116. The molecule has 8 nitrogen and oxygen atoms in total. The van der Waals surface area contributed by atoms with E-state index < -0.39 is 23.0 Å². The van der Waals surface area contributed by atoms with Crippen LogP contribution in [-0.4, -0.2) is 30.3 Å². The first kappa shape index (κ1) is 34.4. The molecule has 0 radical (unpaired) electrons. The Hall–Kier alpha value is -5.93. The van der Waals surface area contributed by atoms with Gasteiger partial charge in [-0.15, -0.1) is 11.8 Å². The standard InChI is InChI=1S/C40H35N3O5S/c1-3-48-40(47)31-21-23-32(24-22-31)41-39(46)36(29-11-6-4-7-12-29)49-34-16-10-15-33(26-34)42-38(45)35(25-28-19-17-27(2)18-20-28)43-37(44)30-13-8-5-9-14-30/h4-26,36H,3H2,1-2H3,(H,41,46)(H,42,45)(H,43,44)/b35-25-. The average Bonchev–Trinajstić information content (AvgIpc) is 3.12. The number of carbonyl (C=O) groups excluding carboxylic acids is 4. The zero-order valence-corrected chi connectivity index (χ0v) is 27.8. The SMILES string of the molecule is CCOC(=O)c1ccc(NC(=O)C(Sc2cccc(NC(=O)/C(=C/c3ccc(C)cc3)NC(=O)c3ccccc3)c2)c2ccccc2)cc1. The predicted molar refractivity (Wildman–Crippen MR) is 194 cm³/mol. The van der Waals surface area contributed by atoms with Crippen LogP contribution in [0.25, 0.3) is 6.08 Å². The lowest BCUT2D eigenvalue weighted by Crippen LogP contribution is -2.30. The number of hydrogen-bond acceptors (Lipinski definition) is 6. The number of esters is 1. The molecule has 0 aliphatic heterocycles. The minimum atomic E-state index is -0.640. The fourth-order valence-electron chi connectivity index (χ4n) is 4.77. The van der Waals surface area contributed by atoms with Crippen LogP contribution in [0.1, 0.15) is 49.6 Å². The summed E-state index contributed by atoms with van der Waals surface area (Å²) in [6, 6.07) is 39.4. The molecule has 5 rings (SSSR count). The third-order valence-corrected chi connectivity index (χ3v) is 8.52. The molecule has 0 aromatic heterocycles. The van der Waals surface area contributed by atoms with Crippen molar-refractivity contribution in [1.82, 2.24) is 5.32 Å². The Morgan fingerprint density at radius 3 is 2.06 bits per heavy atom. The van der Waals surface area contributed by atoms with Crippen molar-refractivity contribution in [3.05, 3.63) is 167 Å². The van der Waals surface area contributed by atoms with E-state index in [9.17, 15) is 19.2 Å². The lowest BCUT2D eigenvalue weighted by Gasteiger charge is -2.18. The van der Waals surface area contributed by atoms with Crippen molar-refractivity contribution in [3.63, 3.8) is 0 Å². The number of anilines is 2. The van der Waals surface area contributed by atoms with Gasteiger partial charge >= 0.3 is 5.97 Å². The lowest BCUT2D eigenvalue weighted by atomic mass is 10.1. The summed E-state index contributed by atoms with van der Waals surface area (Å²) in [5.74, 6) is -1.61. The highest BCUT2D eigenvalue weighted by atomic mass is 32.2. The first-order chi connectivity index (χ1) is 23.8. The van der Waals surface area contributed by atoms with Crippen LogP contribution >= 0.6 is 11.8 Å². The maximum Gasteiger partial charge on any atom is 0.338 e. The van der Waals surface area contributed by atoms with Crippen molar-refractivity contribution >= 4 is 52.9 Å². The van der Waals surface area contributed by atoms with E-state index in [4.69, 9.17) is 4.74 Å². The van der Waals surface area contributed by atoms with Crippen molar-refractivity contribution in [2.75, 3.05) is 17.2 Å². The van der Waals surface area contributed by atoms with Gasteiger partial charge in [0.25, 0.3) is 11.8 Å². The van der Waals surface area contributed by atoms with Gasteiger partial charge in [-0.05, 0) is 85.6 Å². The summed E-state index contributed by atoms with van der Waals surface area (Å²) in [6.07, 6.45) is 1.63. The van der Waals surface area contributed by atoms with Gasteiger partial charge in [0.15, 0.2) is 0 Å². The van der Waals surface area contributed by atoms with Crippen molar-refractivity contribution in [2.24, 2.45) is 0 Å². The molecule has 1 unspecified atom stereocenters. The van der Waals surface area contributed by atoms with Crippen molar-refractivity contribution in [2.45, 2.75) is 24.0 Å². The summed E-state index contributed by atoms with van der Waals surface area (Å²) in [5.41, 5.74) is 4.51. The monoisotopic (exact) mass is 669 g/mol. The van der Waals surface area contributed by atoms with E-state index in [-0.39, 0.29) is 18.2 Å². The smallest absolute Gasteiger partial charge is 0.338 e. The van der Waals surface area contributed by atoms with Crippen LogP contribution in [0.4, 0.5) is 11.4 Å². The third-order valence-electron chi connectivity index (χ3n) is 7.27. The Balaban J connectivity index is 1.35. The third kappa shape index (κ3) is 9.79. The summed E-state index contributed by atoms with van der Waals surface area (Å²) in [6.45, 7) is 3.99. The molecule has 1 atom stereocenters. The molecule has 0 spiro atoms. The van der Waals surface area contributed by atoms with Gasteiger partial charge in [-0.25, -0.2) is 4.79 Å². The van der Waals surface area contributed by atoms with Crippen molar-refractivity contribution in [1.29, 1.82) is 0 Å². The van der Waals surface area contributed by atoms with Crippen molar-refractivity contribution in [3.8, 4) is 0 Å². The fraction of sp³-hybridized carbons (Fsp3) is 0.100. The summed E-state index contributed by atoms with van der Waals surface area (Å²) in [7, 11) is 0. The van der Waals surface area contributed by atoms with Gasteiger partial charge in [0, 0.05) is 21.8 Å². The molecule has 49 heavy (non-hydrogen) atoms. The molecule has 3 N–H and O–H groups in total. The van der Waals surface area contributed by atoms with Crippen LogP contribution in [0.15, 0.2) is 144 Å². The molecule has 0 heterocycles. The number of ether oxygens (including phenoxy) is 1. The largest absolute Gasteiger partial charge is 0.462 e. The van der Waals surface area contributed by atoms with Crippen LogP contribution in [0, 0.1) is 6.92 Å². The minimum absolute atomic E-state index is 0.0753. The molecule has 5 aromatic carbocycles. The van der Waals surface area contributed by atoms with Crippen LogP contribution in [-0.2, 0) is 14.3 Å². The number of amides is 3. The van der Waals surface area contributed by atoms with E-state index in [0.717, 1.165) is 21.6 Å². The minimum Gasteiger partial charge on any atom is -0.462 e. The number of benzene rings is 5. The molecular formula is C40H35N3O5S. The van der Waals surface area contributed by atoms with Gasteiger partial charge in [0.2, 0.25) is 5.91 Å².